The molecule has 1 aromatic heterocycles. The predicted octanol–water partition coefficient (Wildman–Crippen LogP) is 4.54. The molecule has 1 aliphatic carbocycles. The smallest absolute Gasteiger partial charge is 0.234 e. The van der Waals surface area contributed by atoms with Crippen LogP contribution < -0.4 is 14.8 Å². The van der Waals surface area contributed by atoms with Gasteiger partial charge in [0.25, 0.3) is 0 Å². The Morgan fingerprint density at radius 3 is 2.61 bits per heavy atom. The summed E-state index contributed by atoms with van der Waals surface area (Å²) in [7, 11) is 3.20. The third-order valence-corrected chi connectivity index (χ3v) is 6.08. The molecule has 7 heteroatoms. The molecular formula is C26H27N3O4. The third-order valence-electron chi connectivity index (χ3n) is 6.08. The quantitative estimate of drug-likeness (QED) is 0.574. The number of anilines is 1. The lowest BCUT2D eigenvalue weighted by molar-refractivity contribution is -0.117. The fraction of sp³-hybridized carbons (Fsp3) is 0.308. The molecule has 0 saturated heterocycles. The van der Waals surface area contributed by atoms with E-state index in [2.05, 4.69) is 15.3 Å². The maximum atomic E-state index is 12.9. The highest BCUT2D eigenvalue weighted by atomic mass is 16.5. The number of fused-ring (bicyclic) bond motifs is 1. The van der Waals surface area contributed by atoms with Crippen molar-refractivity contribution in [3.63, 3.8) is 0 Å². The zero-order chi connectivity index (χ0) is 23.4. The van der Waals surface area contributed by atoms with Crippen LogP contribution >= 0.6 is 0 Å². The highest BCUT2D eigenvalue weighted by molar-refractivity contribution is 5.99. The van der Waals surface area contributed by atoms with E-state index in [9.17, 15) is 9.59 Å². The highest BCUT2D eigenvalue weighted by Gasteiger charge is 2.30. The van der Waals surface area contributed by atoms with Gasteiger partial charge in [0.05, 0.1) is 31.4 Å². The molecule has 2 atom stereocenters. The number of rotatable bonds is 7. The number of carbonyl (C=O) groups is 2. The molecule has 0 saturated carbocycles. The molecule has 0 radical (unpaired) electrons. The van der Waals surface area contributed by atoms with E-state index < -0.39 is 0 Å². The first-order valence-electron chi connectivity index (χ1n) is 11.0. The van der Waals surface area contributed by atoms with E-state index in [-0.39, 0.29) is 29.5 Å². The Labute approximate surface area is 193 Å². The average Bonchev–Trinajstić information content (AvgIpc) is 2.84. The van der Waals surface area contributed by atoms with Crippen LogP contribution in [0.5, 0.6) is 11.5 Å². The molecule has 0 fully saturated rings. The molecule has 4 rings (SSSR count). The molecule has 7 nitrogen and oxygen atoms in total. The highest BCUT2D eigenvalue weighted by Crippen LogP contribution is 2.38. The molecule has 2 aromatic carbocycles. The van der Waals surface area contributed by atoms with Crippen LogP contribution in [-0.4, -0.2) is 35.9 Å². The van der Waals surface area contributed by atoms with Crippen molar-refractivity contribution in [3.05, 3.63) is 77.1 Å². The first-order valence-corrected chi connectivity index (χ1v) is 11.0. The summed E-state index contributed by atoms with van der Waals surface area (Å²) in [5.74, 6) is 0.997. The minimum Gasteiger partial charge on any atom is -0.497 e. The van der Waals surface area contributed by atoms with Gasteiger partial charge < -0.3 is 9.47 Å². The molecular weight excluding hydrogens is 418 g/mol. The second kappa shape index (κ2) is 9.81. The molecule has 2 unspecified atom stereocenters. The fourth-order valence-corrected chi connectivity index (χ4v) is 4.34. The van der Waals surface area contributed by atoms with Gasteiger partial charge in [-0.1, -0.05) is 43.3 Å². The number of ketones is 1. The summed E-state index contributed by atoms with van der Waals surface area (Å²) in [5, 5.41) is 2.83. The summed E-state index contributed by atoms with van der Waals surface area (Å²) < 4.78 is 10.8. The van der Waals surface area contributed by atoms with Crippen molar-refractivity contribution in [1.29, 1.82) is 0 Å². The van der Waals surface area contributed by atoms with Crippen LogP contribution in [0.2, 0.25) is 0 Å². The Hall–Kier alpha value is -3.74. The molecule has 170 valence electrons. The molecule has 33 heavy (non-hydrogen) atoms. The van der Waals surface area contributed by atoms with E-state index in [1.54, 1.807) is 14.2 Å². The number of Topliss-reactive ketones (excluding diaryl/α,β-unsaturated/α-hetero) is 1. The van der Waals surface area contributed by atoms with Gasteiger partial charge in [0.15, 0.2) is 5.78 Å². The zero-order valence-corrected chi connectivity index (χ0v) is 19.0. The van der Waals surface area contributed by atoms with Gasteiger partial charge in [-0.25, -0.2) is 9.97 Å². The SMILES string of the molecule is CCC(C(=O)Nc1ncc2c(n1)CC(c1ccc(OC)cc1OC)CC2=O)c1ccccc1. The van der Waals surface area contributed by atoms with Crippen LogP contribution in [-0.2, 0) is 11.2 Å². The van der Waals surface area contributed by atoms with Crippen molar-refractivity contribution in [2.24, 2.45) is 0 Å². The molecule has 0 bridgehead atoms. The molecule has 1 aliphatic rings. The minimum atomic E-state index is -0.302. The van der Waals surface area contributed by atoms with E-state index >= 15 is 0 Å². The van der Waals surface area contributed by atoms with Crippen LogP contribution in [0, 0.1) is 0 Å². The van der Waals surface area contributed by atoms with Crippen LogP contribution in [0.15, 0.2) is 54.7 Å². The van der Waals surface area contributed by atoms with Crippen LogP contribution in [0.4, 0.5) is 5.95 Å². The van der Waals surface area contributed by atoms with Crippen molar-refractivity contribution >= 4 is 17.6 Å². The van der Waals surface area contributed by atoms with Crippen molar-refractivity contribution in [1.82, 2.24) is 9.97 Å². The summed E-state index contributed by atoms with van der Waals surface area (Å²) in [6, 6.07) is 15.2. The van der Waals surface area contributed by atoms with Crippen molar-refractivity contribution < 1.29 is 19.1 Å². The number of hydrogen-bond acceptors (Lipinski definition) is 6. The maximum absolute atomic E-state index is 12.9. The first kappa shape index (κ1) is 22.5. The molecule has 1 heterocycles. The lowest BCUT2D eigenvalue weighted by atomic mass is 9.82. The number of carbonyl (C=O) groups excluding carboxylic acids is 2. The average molecular weight is 446 g/mol. The number of ether oxygens (including phenoxy) is 2. The van der Waals surface area contributed by atoms with Gasteiger partial charge in [-0.2, -0.15) is 0 Å². The third kappa shape index (κ3) is 4.72. The zero-order valence-electron chi connectivity index (χ0n) is 19.0. The van der Waals surface area contributed by atoms with E-state index in [0.717, 1.165) is 11.1 Å². The fourth-order valence-electron chi connectivity index (χ4n) is 4.34. The van der Waals surface area contributed by atoms with Crippen LogP contribution in [0.25, 0.3) is 0 Å². The second-order valence-corrected chi connectivity index (χ2v) is 8.05. The number of nitrogens with zero attached hydrogens (tertiary/aromatic N) is 2. The summed E-state index contributed by atoms with van der Waals surface area (Å²) in [6.45, 7) is 1.97. The maximum Gasteiger partial charge on any atom is 0.234 e. The van der Waals surface area contributed by atoms with Crippen molar-refractivity contribution in [2.75, 3.05) is 19.5 Å². The molecule has 0 spiro atoms. The topological polar surface area (TPSA) is 90.4 Å². The van der Waals surface area contributed by atoms with Gasteiger partial charge in [0.2, 0.25) is 11.9 Å². The summed E-state index contributed by atoms with van der Waals surface area (Å²) in [4.78, 5) is 34.5. The van der Waals surface area contributed by atoms with Gasteiger partial charge in [0, 0.05) is 24.6 Å². The standard InChI is InChI=1S/C26H27N3O4/c1-4-19(16-8-6-5-7-9-16)25(31)29-26-27-15-21-22(28-26)12-17(13-23(21)30)20-11-10-18(32-2)14-24(20)33-3/h5-11,14-15,17,19H,4,12-13H2,1-3H3,(H,27,28,29,31). The van der Waals surface area contributed by atoms with E-state index in [4.69, 9.17) is 9.47 Å². The first-order chi connectivity index (χ1) is 16.0. The lowest BCUT2D eigenvalue weighted by Crippen LogP contribution is -2.25. The number of hydrogen-bond donors (Lipinski definition) is 1. The minimum absolute atomic E-state index is 0.0206. The lowest BCUT2D eigenvalue weighted by Gasteiger charge is -2.25. The molecule has 3 aromatic rings. The normalized spacial score (nSPS) is 16.0. The van der Waals surface area contributed by atoms with E-state index in [1.807, 2.05) is 55.5 Å². The Kier molecular flexibility index (Phi) is 6.68. The Bertz CT molecular complexity index is 1160. The largest absolute Gasteiger partial charge is 0.497 e. The molecule has 1 amide bonds. The predicted molar refractivity (Wildman–Crippen MR) is 125 cm³/mol. The Morgan fingerprint density at radius 1 is 1.12 bits per heavy atom. The van der Waals surface area contributed by atoms with E-state index in [1.165, 1.54) is 6.20 Å². The number of aromatic nitrogens is 2. The summed E-state index contributed by atoms with van der Waals surface area (Å²) in [5.41, 5.74) is 3.01. The van der Waals surface area contributed by atoms with Crippen molar-refractivity contribution in [3.8, 4) is 11.5 Å². The van der Waals surface area contributed by atoms with Gasteiger partial charge in [-0.3, -0.25) is 14.9 Å². The van der Waals surface area contributed by atoms with E-state index in [0.29, 0.717) is 42.0 Å². The Balaban J connectivity index is 1.57. The van der Waals surface area contributed by atoms with Gasteiger partial charge in [0.1, 0.15) is 11.5 Å². The van der Waals surface area contributed by atoms with Gasteiger partial charge in [-0.15, -0.1) is 0 Å². The summed E-state index contributed by atoms with van der Waals surface area (Å²) in [6.07, 6.45) is 3.06. The molecule has 1 N–H and O–H groups in total. The monoisotopic (exact) mass is 445 g/mol. The number of benzene rings is 2. The van der Waals surface area contributed by atoms with Crippen molar-refractivity contribution in [2.45, 2.75) is 38.0 Å². The van der Waals surface area contributed by atoms with Gasteiger partial charge in [-0.05, 0) is 30.0 Å². The number of amides is 1. The number of nitrogens with one attached hydrogen (secondary N) is 1. The van der Waals surface area contributed by atoms with Crippen LogP contribution in [0.3, 0.4) is 0 Å². The Morgan fingerprint density at radius 2 is 1.91 bits per heavy atom. The molecule has 0 aliphatic heterocycles. The second-order valence-electron chi connectivity index (χ2n) is 8.05. The number of methoxy groups -OCH3 is 2. The summed E-state index contributed by atoms with van der Waals surface area (Å²) >= 11 is 0. The van der Waals surface area contributed by atoms with Crippen LogP contribution in [0.1, 0.15) is 58.8 Å². The van der Waals surface area contributed by atoms with Gasteiger partial charge >= 0.3 is 0 Å².